The normalized spacial score (nSPS) is 27.2. The molecule has 0 aromatic carbocycles. The van der Waals surface area contributed by atoms with Crippen molar-refractivity contribution >= 4 is 11.8 Å². The van der Waals surface area contributed by atoms with Gasteiger partial charge in [0.1, 0.15) is 11.6 Å². The van der Waals surface area contributed by atoms with E-state index in [2.05, 4.69) is 16.0 Å². The van der Waals surface area contributed by atoms with Gasteiger partial charge in [0.05, 0.1) is 0 Å². The second-order valence-electron chi connectivity index (χ2n) is 5.26. The average molecular weight is 269 g/mol. The zero-order chi connectivity index (χ0) is 13.7. The summed E-state index contributed by atoms with van der Waals surface area (Å²) >= 11 is 0. The first-order valence-electron chi connectivity index (χ1n) is 7.02. The Morgan fingerprint density at radius 2 is 2.05 bits per heavy atom. The van der Waals surface area contributed by atoms with E-state index >= 15 is 0 Å². The van der Waals surface area contributed by atoms with Gasteiger partial charge in [0.25, 0.3) is 5.91 Å². The van der Waals surface area contributed by atoms with E-state index in [9.17, 15) is 9.59 Å². The summed E-state index contributed by atoms with van der Waals surface area (Å²) in [7, 11) is 1.57. The van der Waals surface area contributed by atoms with E-state index in [0.29, 0.717) is 25.8 Å². The molecule has 2 fully saturated rings. The van der Waals surface area contributed by atoms with Crippen LogP contribution < -0.4 is 16.0 Å². The Hall–Kier alpha value is -1.14. The molecule has 2 saturated heterocycles. The van der Waals surface area contributed by atoms with Crippen molar-refractivity contribution in [3.8, 4) is 0 Å². The van der Waals surface area contributed by atoms with Crippen LogP contribution in [0, 0.1) is 0 Å². The van der Waals surface area contributed by atoms with Gasteiger partial charge in [-0.1, -0.05) is 0 Å². The van der Waals surface area contributed by atoms with Crippen LogP contribution in [-0.2, 0) is 14.3 Å². The van der Waals surface area contributed by atoms with Crippen LogP contribution in [0.15, 0.2) is 0 Å². The van der Waals surface area contributed by atoms with E-state index in [1.807, 2.05) is 0 Å². The number of methoxy groups -OCH3 is 1. The van der Waals surface area contributed by atoms with E-state index in [-0.39, 0.29) is 11.8 Å². The van der Waals surface area contributed by atoms with Crippen LogP contribution in [0.5, 0.6) is 0 Å². The molecule has 2 aliphatic heterocycles. The lowest BCUT2D eigenvalue weighted by atomic mass is 9.90. The third-order valence-electron chi connectivity index (χ3n) is 4.06. The van der Waals surface area contributed by atoms with E-state index in [1.165, 1.54) is 0 Å². The molecule has 108 valence electrons. The predicted octanol–water partition coefficient (Wildman–Crippen LogP) is -0.460. The first-order chi connectivity index (χ1) is 9.18. The van der Waals surface area contributed by atoms with E-state index < -0.39 is 11.6 Å². The fraction of sp³-hybridized carbons (Fsp3) is 0.846. The van der Waals surface area contributed by atoms with Crippen molar-refractivity contribution in [2.45, 2.75) is 43.7 Å². The van der Waals surface area contributed by atoms with Gasteiger partial charge in [-0.05, 0) is 45.2 Å². The number of ether oxygens (including phenoxy) is 1. The lowest BCUT2D eigenvalue weighted by Gasteiger charge is -2.35. The number of rotatable bonds is 3. The molecule has 0 aliphatic carbocycles. The third kappa shape index (κ3) is 3.25. The van der Waals surface area contributed by atoms with Crippen molar-refractivity contribution in [2.75, 3.05) is 26.7 Å². The quantitative estimate of drug-likeness (QED) is 0.648. The van der Waals surface area contributed by atoms with Gasteiger partial charge in [0.15, 0.2) is 0 Å². The van der Waals surface area contributed by atoms with Crippen molar-refractivity contribution in [3.63, 3.8) is 0 Å². The first-order valence-corrected chi connectivity index (χ1v) is 7.02. The van der Waals surface area contributed by atoms with Crippen molar-refractivity contribution in [2.24, 2.45) is 0 Å². The topological polar surface area (TPSA) is 79.5 Å². The van der Waals surface area contributed by atoms with Crippen LogP contribution in [-0.4, -0.2) is 50.2 Å². The predicted molar refractivity (Wildman–Crippen MR) is 70.6 cm³/mol. The molecule has 19 heavy (non-hydrogen) atoms. The Morgan fingerprint density at radius 3 is 2.74 bits per heavy atom. The molecule has 2 heterocycles. The maximum atomic E-state index is 12.4. The van der Waals surface area contributed by atoms with Gasteiger partial charge in [0.2, 0.25) is 5.91 Å². The zero-order valence-corrected chi connectivity index (χ0v) is 11.5. The van der Waals surface area contributed by atoms with Crippen LogP contribution in [0.2, 0.25) is 0 Å². The number of hydrogen-bond donors (Lipinski definition) is 3. The summed E-state index contributed by atoms with van der Waals surface area (Å²) in [5.74, 6) is -0.232. The van der Waals surface area contributed by atoms with Crippen LogP contribution in [0.1, 0.15) is 32.1 Å². The Bertz CT molecular complexity index is 340. The lowest BCUT2D eigenvalue weighted by Crippen LogP contribution is -2.58. The summed E-state index contributed by atoms with van der Waals surface area (Å²) in [6.07, 6.45) is 3.91. The van der Waals surface area contributed by atoms with Crippen LogP contribution in [0.3, 0.4) is 0 Å². The summed E-state index contributed by atoms with van der Waals surface area (Å²) in [5, 5.41) is 8.90. The number of amides is 2. The summed E-state index contributed by atoms with van der Waals surface area (Å²) in [5.41, 5.74) is -0.780. The van der Waals surface area contributed by atoms with Crippen molar-refractivity contribution in [1.29, 1.82) is 0 Å². The standard InChI is InChI=1S/C13H23N3O3/c1-19-13(5-8-14-9-6-13)12(18)16-10-4-2-3-7-15-11(10)17/h10,14H,2-9H2,1H3,(H,15,17)(H,16,18). The van der Waals surface area contributed by atoms with Gasteiger partial charge in [0, 0.05) is 13.7 Å². The molecule has 3 N–H and O–H groups in total. The molecule has 0 aromatic heterocycles. The molecule has 0 radical (unpaired) electrons. The maximum absolute atomic E-state index is 12.4. The van der Waals surface area contributed by atoms with E-state index in [1.54, 1.807) is 7.11 Å². The minimum absolute atomic E-state index is 0.0777. The van der Waals surface area contributed by atoms with Gasteiger partial charge in [-0.3, -0.25) is 9.59 Å². The number of hydrogen-bond acceptors (Lipinski definition) is 4. The number of nitrogens with one attached hydrogen (secondary N) is 3. The molecule has 0 saturated carbocycles. The summed E-state index contributed by atoms with van der Waals surface area (Å²) in [6, 6.07) is -0.420. The summed E-state index contributed by atoms with van der Waals surface area (Å²) in [4.78, 5) is 24.3. The minimum atomic E-state index is -0.780. The minimum Gasteiger partial charge on any atom is -0.368 e. The fourth-order valence-corrected chi connectivity index (χ4v) is 2.72. The third-order valence-corrected chi connectivity index (χ3v) is 4.06. The Balaban J connectivity index is 1.99. The smallest absolute Gasteiger partial charge is 0.252 e. The molecular formula is C13H23N3O3. The van der Waals surface area contributed by atoms with Crippen molar-refractivity contribution in [3.05, 3.63) is 0 Å². The molecular weight excluding hydrogens is 246 g/mol. The van der Waals surface area contributed by atoms with E-state index in [4.69, 9.17) is 4.74 Å². The zero-order valence-electron chi connectivity index (χ0n) is 11.5. The van der Waals surface area contributed by atoms with E-state index in [0.717, 1.165) is 25.9 Å². The van der Waals surface area contributed by atoms with Crippen LogP contribution in [0.25, 0.3) is 0 Å². The highest BCUT2D eigenvalue weighted by molar-refractivity contribution is 5.91. The van der Waals surface area contributed by atoms with Gasteiger partial charge in [-0.25, -0.2) is 0 Å². The molecule has 1 unspecified atom stereocenters. The second kappa shape index (κ2) is 6.34. The molecule has 0 spiro atoms. The first kappa shape index (κ1) is 14.3. The lowest BCUT2D eigenvalue weighted by molar-refractivity contribution is -0.149. The number of carbonyl (C=O) groups excluding carboxylic acids is 2. The highest BCUT2D eigenvalue weighted by atomic mass is 16.5. The molecule has 6 heteroatoms. The molecule has 1 atom stereocenters. The SMILES string of the molecule is COC1(C(=O)NC2CCCCNC2=O)CCNCC1. The highest BCUT2D eigenvalue weighted by Gasteiger charge is 2.41. The Morgan fingerprint density at radius 1 is 1.32 bits per heavy atom. The molecule has 0 bridgehead atoms. The van der Waals surface area contributed by atoms with Gasteiger partial charge in [-0.2, -0.15) is 0 Å². The van der Waals surface area contributed by atoms with Gasteiger partial charge in [-0.15, -0.1) is 0 Å². The Labute approximate surface area is 113 Å². The fourth-order valence-electron chi connectivity index (χ4n) is 2.72. The van der Waals surface area contributed by atoms with Crippen molar-refractivity contribution in [1.82, 2.24) is 16.0 Å². The van der Waals surface area contributed by atoms with Crippen LogP contribution in [0.4, 0.5) is 0 Å². The molecule has 2 amide bonds. The number of carbonyl (C=O) groups is 2. The number of piperidine rings is 1. The maximum Gasteiger partial charge on any atom is 0.252 e. The second-order valence-corrected chi connectivity index (χ2v) is 5.26. The Kier molecular flexibility index (Phi) is 4.76. The van der Waals surface area contributed by atoms with Gasteiger partial charge >= 0.3 is 0 Å². The molecule has 2 aliphatic rings. The van der Waals surface area contributed by atoms with Gasteiger partial charge < -0.3 is 20.7 Å². The molecule has 6 nitrogen and oxygen atoms in total. The average Bonchev–Trinajstić information content (AvgIpc) is 2.65. The monoisotopic (exact) mass is 269 g/mol. The summed E-state index contributed by atoms with van der Waals surface area (Å²) in [6.45, 7) is 2.22. The highest BCUT2D eigenvalue weighted by Crippen LogP contribution is 2.23. The summed E-state index contributed by atoms with van der Waals surface area (Å²) < 4.78 is 5.46. The van der Waals surface area contributed by atoms with Crippen molar-refractivity contribution < 1.29 is 14.3 Å². The largest absolute Gasteiger partial charge is 0.368 e. The molecule has 0 aromatic rings. The van der Waals surface area contributed by atoms with Crippen LogP contribution >= 0.6 is 0 Å². The molecule has 2 rings (SSSR count).